The van der Waals surface area contributed by atoms with Gasteiger partial charge in [-0.2, -0.15) is 0 Å². The minimum Gasteiger partial charge on any atom is -0.355 e. The molecule has 0 saturated heterocycles. The zero-order valence-corrected chi connectivity index (χ0v) is 18.2. The molecule has 2 aliphatic rings. The van der Waals surface area contributed by atoms with E-state index in [-0.39, 0.29) is 11.8 Å². The molecule has 2 heterocycles. The van der Waals surface area contributed by atoms with Crippen LogP contribution in [0.25, 0.3) is 0 Å². The van der Waals surface area contributed by atoms with Crippen molar-refractivity contribution in [2.24, 2.45) is 0 Å². The van der Waals surface area contributed by atoms with Gasteiger partial charge in [0.15, 0.2) is 0 Å². The Labute approximate surface area is 185 Å². The van der Waals surface area contributed by atoms with Crippen molar-refractivity contribution >= 4 is 40.9 Å². The number of benzene rings is 2. The lowest BCUT2D eigenvalue weighted by Gasteiger charge is -2.21. The average molecular weight is 445 g/mol. The van der Waals surface area contributed by atoms with E-state index in [4.69, 9.17) is 23.2 Å². The van der Waals surface area contributed by atoms with E-state index in [1.165, 1.54) is 10.6 Å². The van der Waals surface area contributed by atoms with E-state index in [1.54, 1.807) is 11.8 Å². The zero-order chi connectivity index (χ0) is 20.2. The fourth-order valence-corrected chi connectivity index (χ4v) is 4.94. The maximum absolute atomic E-state index is 12.6. The maximum Gasteiger partial charge on any atom is 0.225 e. The summed E-state index contributed by atoms with van der Waals surface area (Å²) in [4.78, 5) is 14.9. The second kappa shape index (κ2) is 9.29. The second-order valence-corrected chi connectivity index (χ2v) is 9.03. The highest BCUT2D eigenvalue weighted by molar-refractivity contribution is 8.06. The van der Waals surface area contributed by atoms with Crippen LogP contribution in [0.2, 0.25) is 10.0 Å². The molecule has 0 unspecified atom stereocenters. The van der Waals surface area contributed by atoms with Gasteiger partial charge in [0.1, 0.15) is 0 Å². The Kier molecular flexibility index (Phi) is 6.53. The van der Waals surface area contributed by atoms with Crippen LogP contribution in [0, 0.1) is 0 Å². The third-order valence-electron chi connectivity index (χ3n) is 5.22. The van der Waals surface area contributed by atoms with Gasteiger partial charge >= 0.3 is 0 Å². The molecule has 6 heteroatoms. The molecular weight excluding hydrogens is 423 g/mol. The minimum atomic E-state index is 0.0556. The Morgan fingerprint density at radius 1 is 1.07 bits per heavy atom. The number of nitrogens with zero attached hydrogens (tertiary/aromatic N) is 1. The van der Waals surface area contributed by atoms with E-state index in [0.29, 0.717) is 18.0 Å². The van der Waals surface area contributed by atoms with E-state index in [2.05, 4.69) is 21.7 Å². The summed E-state index contributed by atoms with van der Waals surface area (Å²) in [5.74, 6) is 0.214. The quantitative estimate of drug-likeness (QED) is 0.571. The highest BCUT2D eigenvalue weighted by atomic mass is 35.5. The number of carbonyl (C=O) groups excluding carboxylic acids is 1. The molecule has 2 aromatic rings. The van der Waals surface area contributed by atoms with Crippen molar-refractivity contribution in [2.45, 2.75) is 25.2 Å². The molecule has 0 fully saturated rings. The predicted molar refractivity (Wildman–Crippen MR) is 122 cm³/mol. The van der Waals surface area contributed by atoms with E-state index >= 15 is 0 Å². The van der Waals surface area contributed by atoms with Crippen molar-refractivity contribution in [3.63, 3.8) is 0 Å². The number of halogens is 2. The van der Waals surface area contributed by atoms with Gasteiger partial charge in [0.25, 0.3) is 0 Å². The fourth-order valence-electron chi connectivity index (χ4n) is 3.68. The highest BCUT2D eigenvalue weighted by Gasteiger charge is 2.26. The molecule has 2 aliphatic heterocycles. The van der Waals surface area contributed by atoms with Gasteiger partial charge in [-0.3, -0.25) is 4.79 Å². The number of nitrogens with one attached hydrogen (secondary N) is 1. The lowest BCUT2D eigenvalue weighted by atomic mass is 9.92. The van der Waals surface area contributed by atoms with Gasteiger partial charge in [0.05, 0.1) is 11.4 Å². The summed E-state index contributed by atoms with van der Waals surface area (Å²) in [5, 5.41) is 7.93. The summed E-state index contributed by atoms with van der Waals surface area (Å²) in [6.07, 6.45) is 4.52. The summed E-state index contributed by atoms with van der Waals surface area (Å²) < 4.78 is 0. The number of carbonyl (C=O) groups is 1. The molecule has 2 aromatic carbocycles. The number of amides is 1. The topological polar surface area (TPSA) is 32.3 Å². The molecule has 3 nitrogen and oxygen atoms in total. The minimum absolute atomic E-state index is 0.0556. The first-order valence-electron chi connectivity index (χ1n) is 9.68. The van der Waals surface area contributed by atoms with Crippen molar-refractivity contribution in [3.8, 4) is 0 Å². The summed E-state index contributed by atoms with van der Waals surface area (Å²) >= 11 is 13.8. The van der Waals surface area contributed by atoms with Crippen LogP contribution in [0.4, 0.5) is 0 Å². The highest BCUT2D eigenvalue weighted by Crippen LogP contribution is 2.39. The zero-order valence-electron chi connectivity index (χ0n) is 15.9. The molecule has 1 amide bonds. The predicted octanol–water partition coefficient (Wildman–Crippen LogP) is 5.96. The Bertz CT molecular complexity index is 938. The van der Waals surface area contributed by atoms with Gasteiger partial charge in [-0.25, -0.2) is 0 Å². The van der Waals surface area contributed by atoms with Crippen LogP contribution in [0.3, 0.4) is 0 Å². The van der Waals surface area contributed by atoms with E-state index in [1.807, 2.05) is 48.5 Å². The van der Waals surface area contributed by atoms with Crippen LogP contribution in [0.15, 0.2) is 70.7 Å². The summed E-state index contributed by atoms with van der Waals surface area (Å²) in [6.45, 7) is 1.55. The average Bonchev–Trinajstić information content (AvgIpc) is 3.33. The molecule has 0 spiro atoms. The van der Waals surface area contributed by atoms with E-state index < -0.39 is 0 Å². The summed E-state index contributed by atoms with van der Waals surface area (Å²) in [6, 6.07) is 15.7. The number of fused-ring (bicyclic) bond motifs is 1. The number of rotatable bonds is 7. The normalized spacial score (nSPS) is 16.3. The molecular formula is C23H22Cl2N2OS. The number of thioether (sulfide) groups is 1. The molecule has 29 heavy (non-hydrogen) atoms. The molecule has 4 rings (SSSR count). The van der Waals surface area contributed by atoms with E-state index in [0.717, 1.165) is 35.7 Å². The Balaban J connectivity index is 1.40. The molecule has 0 aliphatic carbocycles. The number of hydrogen-bond donors (Lipinski definition) is 1. The molecule has 0 bridgehead atoms. The molecule has 1 N–H and O–H groups in total. The lowest BCUT2D eigenvalue weighted by Crippen LogP contribution is -2.31. The van der Waals surface area contributed by atoms with Crippen molar-refractivity contribution in [1.29, 1.82) is 0 Å². The number of hydrogen-bond acceptors (Lipinski definition) is 3. The molecule has 0 saturated carbocycles. The Morgan fingerprint density at radius 3 is 2.48 bits per heavy atom. The molecule has 0 aromatic heterocycles. The van der Waals surface area contributed by atoms with Gasteiger partial charge in [0, 0.05) is 34.7 Å². The van der Waals surface area contributed by atoms with Crippen molar-refractivity contribution < 1.29 is 4.79 Å². The Morgan fingerprint density at radius 2 is 1.76 bits per heavy atom. The second-order valence-electron chi connectivity index (χ2n) is 7.27. The summed E-state index contributed by atoms with van der Waals surface area (Å²) in [7, 11) is 0. The van der Waals surface area contributed by atoms with Gasteiger partial charge in [0.2, 0.25) is 5.91 Å². The molecule has 150 valence electrons. The van der Waals surface area contributed by atoms with Crippen molar-refractivity contribution in [1.82, 2.24) is 10.2 Å². The van der Waals surface area contributed by atoms with Crippen LogP contribution in [0.1, 0.15) is 29.9 Å². The fraction of sp³-hybridized carbons (Fsp3) is 0.261. The third-order valence-corrected chi connectivity index (χ3v) is 6.75. The van der Waals surface area contributed by atoms with Gasteiger partial charge in [-0.05, 0) is 53.6 Å². The molecule has 1 atom stereocenters. The smallest absolute Gasteiger partial charge is 0.225 e. The van der Waals surface area contributed by atoms with Crippen LogP contribution in [-0.4, -0.2) is 23.9 Å². The SMILES string of the molecule is O=C(CC1=CSC2=CCCN12)NC[C@H](Cc1ccc(Cl)cc1)c1ccc(Cl)cc1. The monoisotopic (exact) mass is 444 g/mol. The first-order valence-corrected chi connectivity index (χ1v) is 11.3. The van der Waals surface area contributed by atoms with Crippen LogP contribution >= 0.6 is 35.0 Å². The first kappa shape index (κ1) is 20.4. The maximum atomic E-state index is 12.6. The van der Waals surface area contributed by atoms with Crippen LogP contribution < -0.4 is 5.32 Å². The standard InChI is InChI=1S/C23H22Cl2N2OS/c24-19-7-3-16(4-8-19)12-18(17-5-9-20(25)10-6-17)14-26-22(28)13-21-15-29-23-2-1-11-27(21)23/h2-10,15,18H,1,11-14H2,(H,26,28)/t18-/m0/s1. The van der Waals surface area contributed by atoms with Crippen molar-refractivity contribution in [2.75, 3.05) is 13.1 Å². The first-order chi connectivity index (χ1) is 14.1. The third kappa shape index (κ3) is 5.19. The van der Waals surface area contributed by atoms with Gasteiger partial charge < -0.3 is 10.2 Å². The van der Waals surface area contributed by atoms with Crippen LogP contribution in [-0.2, 0) is 11.2 Å². The Hall–Kier alpha value is -1.88. The van der Waals surface area contributed by atoms with Crippen LogP contribution in [0.5, 0.6) is 0 Å². The van der Waals surface area contributed by atoms with Gasteiger partial charge in [-0.1, -0.05) is 65.3 Å². The van der Waals surface area contributed by atoms with Crippen molar-refractivity contribution in [3.05, 3.63) is 91.9 Å². The largest absolute Gasteiger partial charge is 0.355 e. The lowest BCUT2D eigenvalue weighted by molar-refractivity contribution is -0.120. The van der Waals surface area contributed by atoms with E-state index in [9.17, 15) is 4.79 Å². The molecule has 0 radical (unpaired) electrons. The van der Waals surface area contributed by atoms with Gasteiger partial charge in [-0.15, -0.1) is 0 Å². The summed E-state index contributed by atoms with van der Waals surface area (Å²) in [5.41, 5.74) is 3.44.